The largest absolute Gasteiger partial charge is 0.288 e. The van der Waals surface area contributed by atoms with E-state index in [1.807, 2.05) is 6.92 Å². The number of thiophene rings is 2. The van der Waals surface area contributed by atoms with E-state index < -0.39 is 0 Å². The van der Waals surface area contributed by atoms with Crippen LogP contribution in [0.2, 0.25) is 13.0 Å². The minimum absolute atomic E-state index is 0.131. The Kier molecular flexibility index (Phi) is 3.62. The minimum atomic E-state index is -0.131. The Balaban J connectivity index is 2.42. The maximum atomic E-state index is 12.1. The van der Waals surface area contributed by atoms with Crippen molar-refractivity contribution in [1.29, 1.82) is 0 Å². The third-order valence-corrected chi connectivity index (χ3v) is 5.02. The van der Waals surface area contributed by atoms with Crippen molar-refractivity contribution in [3.05, 3.63) is 41.1 Å². The van der Waals surface area contributed by atoms with Gasteiger partial charge in [0.2, 0.25) is 5.78 Å². The fraction of sp³-hybridized carbons (Fsp3) is 0.100. The molecule has 0 radical (unpaired) electrons. The van der Waals surface area contributed by atoms with E-state index in [9.17, 15) is 4.79 Å². The first-order valence-corrected chi connectivity index (χ1v) is 7.01. The van der Waals surface area contributed by atoms with Crippen LogP contribution in [-0.2, 0) is 0 Å². The van der Waals surface area contributed by atoms with Gasteiger partial charge in [-0.2, -0.15) is 0 Å². The molecule has 1 nitrogen and oxygen atoms in total. The average Bonchev–Trinajstić information content (AvgIpc) is 2.70. The third-order valence-electron chi connectivity index (χ3n) is 1.98. The van der Waals surface area contributed by atoms with E-state index in [0.29, 0.717) is 23.4 Å². The predicted molar refractivity (Wildman–Crippen MR) is 71.8 cm³/mol. The topological polar surface area (TPSA) is 17.1 Å². The normalized spacial score (nSPS) is 10.8. The van der Waals surface area contributed by atoms with Crippen molar-refractivity contribution < 1.29 is 4.79 Å². The Morgan fingerprint density at radius 1 is 1.12 bits per heavy atom. The number of hydrogen-bond acceptors (Lipinski definition) is 3. The number of hydrogen-bond donors (Lipinski definition) is 0. The zero-order valence-corrected chi connectivity index (χ0v) is 11.9. The lowest BCUT2D eigenvalue weighted by Gasteiger charge is -1.93. The highest BCUT2D eigenvalue weighted by atomic mass is 35.5. The van der Waals surface area contributed by atoms with Crippen LogP contribution in [0.3, 0.4) is 0 Å². The van der Waals surface area contributed by atoms with E-state index in [-0.39, 0.29) is 5.78 Å². The Morgan fingerprint density at radius 2 is 1.81 bits per heavy atom. The average molecular weight is 312 g/mol. The molecule has 0 saturated heterocycles. The van der Waals surface area contributed by atoms with E-state index in [2.05, 4.69) is 0 Å². The minimum Gasteiger partial charge on any atom is -0.288 e. The summed E-state index contributed by atoms with van der Waals surface area (Å²) in [5.74, 6) is -0.131. The summed E-state index contributed by atoms with van der Waals surface area (Å²) in [6.45, 7) is 1.86. The summed E-state index contributed by atoms with van der Waals surface area (Å²) in [5.41, 5.74) is 1.34. The molecule has 0 unspecified atom stereocenters. The summed E-state index contributed by atoms with van der Waals surface area (Å²) < 4.78 is 1.55. The lowest BCUT2D eigenvalue weighted by atomic mass is 10.2. The first kappa shape index (κ1) is 12.4. The Bertz CT molecular complexity index is 537. The number of carbonyl (C=O) groups is 1. The Hall–Kier alpha value is -0.0600. The van der Waals surface area contributed by atoms with Gasteiger partial charge in [-0.25, -0.2) is 0 Å². The van der Waals surface area contributed by atoms with Crippen LogP contribution in [0.1, 0.15) is 20.8 Å². The van der Waals surface area contributed by atoms with Gasteiger partial charge < -0.3 is 0 Å². The molecule has 0 atom stereocenters. The molecule has 0 amide bonds. The molecule has 2 heterocycles. The molecule has 0 aliphatic carbocycles. The van der Waals surface area contributed by atoms with Crippen molar-refractivity contribution in [1.82, 2.24) is 0 Å². The summed E-state index contributed by atoms with van der Waals surface area (Å²) in [7, 11) is 0. The van der Waals surface area contributed by atoms with Crippen LogP contribution in [0.4, 0.5) is 0 Å². The molecule has 0 aliphatic heterocycles. The predicted octanol–water partition coefficient (Wildman–Crippen LogP) is 5.31. The maximum absolute atomic E-state index is 12.1. The molecule has 2 aromatic rings. The molecule has 0 bridgehead atoms. The van der Waals surface area contributed by atoms with Crippen LogP contribution in [0.15, 0.2) is 12.1 Å². The van der Waals surface area contributed by atoms with Crippen LogP contribution in [0, 0.1) is 6.92 Å². The maximum Gasteiger partial charge on any atom is 0.205 e. The molecular formula is C10H5Cl3OS2. The monoisotopic (exact) mass is 310 g/mol. The highest BCUT2D eigenvalue weighted by molar-refractivity contribution is 7.21. The summed E-state index contributed by atoms with van der Waals surface area (Å²) in [5, 5.41) is 0. The van der Waals surface area contributed by atoms with E-state index in [0.717, 1.165) is 5.56 Å². The zero-order valence-electron chi connectivity index (χ0n) is 8.01. The number of ketones is 1. The quantitative estimate of drug-likeness (QED) is 0.687. The second kappa shape index (κ2) is 4.67. The lowest BCUT2D eigenvalue weighted by Crippen LogP contribution is -1.96. The van der Waals surface area contributed by atoms with Gasteiger partial charge in [0, 0.05) is 0 Å². The van der Waals surface area contributed by atoms with Crippen LogP contribution >= 0.6 is 57.5 Å². The first-order chi connectivity index (χ1) is 7.49. The molecular weight excluding hydrogens is 307 g/mol. The smallest absolute Gasteiger partial charge is 0.205 e. The number of carbonyl (C=O) groups excluding carboxylic acids is 1. The van der Waals surface area contributed by atoms with E-state index in [1.54, 1.807) is 12.1 Å². The van der Waals surface area contributed by atoms with Gasteiger partial charge in [-0.05, 0) is 24.6 Å². The van der Waals surface area contributed by atoms with Gasteiger partial charge in [0.25, 0.3) is 0 Å². The van der Waals surface area contributed by atoms with Crippen LogP contribution in [-0.4, -0.2) is 5.78 Å². The molecule has 0 spiro atoms. The van der Waals surface area contributed by atoms with Crippen molar-refractivity contribution in [2.75, 3.05) is 0 Å². The third kappa shape index (κ3) is 2.29. The number of halogens is 3. The van der Waals surface area contributed by atoms with Crippen LogP contribution < -0.4 is 0 Å². The van der Waals surface area contributed by atoms with E-state index >= 15 is 0 Å². The summed E-state index contributed by atoms with van der Waals surface area (Å²) in [6, 6.07) is 3.34. The van der Waals surface area contributed by atoms with E-state index in [1.165, 1.54) is 22.7 Å². The van der Waals surface area contributed by atoms with Crippen molar-refractivity contribution in [2.45, 2.75) is 6.92 Å². The van der Waals surface area contributed by atoms with Gasteiger partial charge in [0.05, 0.1) is 19.1 Å². The molecule has 2 rings (SSSR count). The molecule has 2 aromatic heterocycles. The molecule has 84 valence electrons. The number of rotatable bonds is 2. The van der Waals surface area contributed by atoms with Gasteiger partial charge in [0.15, 0.2) is 0 Å². The van der Waals surface area contributed by atoms with Gasteiger partial charge in [-0.15, -0.1) is 22.7 Å². The van der Waals surface area contributed by atoms with Crippen molar-refractivity contribution >= 4 is 63.3 Å². The molecule has 6 heteroatoms. The van der Waals surface area contributed by atoms with E-state index in [4.69, 9.17) is 34.8 Å². The van der Waals surface area contributed by atoms with Crippen molar-refractivity contribution in [2.24, 2.45) is 0 Å². The fourth-order valence-electron chi connectivity index (χ4n) is 1.20. The highest BCUT2D eigenvalue weighted by Gasteiger charge is 2.18. The van der Waals surface area contributed by atoms with Gasteiger partial charge in [0.1, 0.15) is 4.34 Å². The molecule has 0 N–H and O–H groups in total. The van der Waals surface area contributed by atoms with Gasteiger partial charge >= 0.3 is 0 Å². The molecule has 0 fully saturated rings. The number of aryl methyl sites for hydroxylation is 1. The molecule has 16 heavy (non-hydrogen) atoms. The van der Waals surface area contributed by atoms with Crippen molar-refractivity contribution in [3.8, 4) is 0 Å². The summed E-state index contributed by atoms with van der Waals surface area (Å²) in [4.78, 5) is 12.6. The highest BCUT2D eigenvalue weighted by Crippen LogP contribution is 2.35. The standard InChI is InChI=1S/C10H5Cl3OS2/c1-4-2-6(15-9(4)12)8(14)5-3-7(11)16-10(5)13/h2-3H,1H3. The zero-order chi connectivity index (χ0) is 11.9. The SMILES string of the molecule is Cc1cc(C(=O)c2cc(Cl)sc2Cl)sc1Cl. The van der Waals surface area contributed by atoms with Gasteiger partial charge in [-0.3, -0.25) is 4.79 Å². The van der Waals surface area contributed by atoms with Crippen LogP contribution in [0.25, 0.3) is 0 Å². The fourth-order valence-corrected chi connectivity index (χ4v) is 3.81. The van der Waals surface area contributed by atoms with Crippen LogP contribution in [0.5, 0.6) is 0 Å². The molecule has 0 aliphatic rings. The summed E-state index contributed by atoms with van der Waals surface area (Å²) >= 11 is 20.1. The Morgan fingerprint density at radius 3 is 2.25 bits per heavy atom. The lowest BCUT2D eigenvalue weighted by molar-refractivity contribution is 0.104. The van der Waals surface area contributed by atoms with Crippen molar-refractivity contribution in [3.63, 3.8) is 0 Å². The second-order valence-corrected chi connectivity index (χ2v) is 7.07. The molecule has 0 aromatic carbocycles. The molecule has 0 saturated carbocycles. The summed E-state index contributed by atoms with van der Waals surface area (Å²) in [6.07, 6.45) is 0. The Labute approximate surface area is 116 Å². The van der Waals surface area contributed by atoms with Gasteiger partial charge in [-0.1, -0.05) is 34.8 Å². The first-order valence-electron chi connectivity index (χ1n) is 4.24. The second-order valence-electron chi connectivity index (χ2n) is 3.13.